The lowest BCUT2D eigenvalue weighted by Gasteiger charge is -2.17. The number of hydrogen-bond donors (Lipinski definition) is 2. The van der Waals surface area contributed by atoms with Crippen LogP contribution in [-0.4, -0.2) is 19.2 Å². The monoisotopic (exact) mass is 256 g/mol. The van der Waals surface area contributed by atoms with Crippen molar-refractivity contribution in [2.24, 2.45) is 5.73 Å². The zero-order valence-corrected chi connectivity index (χ0v) is 10.5. The Labute approximate surface area is 106 Å². The van der Waals surface area contributed by atoms with Gasteiger partial charge >= 0.3 is 6.09 Å². The van der Waals surface area contributed by atoms with Gasteiger partial charge in [-0.1, -0.05) is 30.7 Å². The van der Waals surface area contributed by atoms with Gasteiger partial charge in [0.05, 0.1) is 0 Å². The predicted molar refractivity (Wildman–Crippen MR) is 68.0 cm³/mol. The molecule has 94 valence electrons. The first-order valence-corrected chi connectivity index (χ1v) is 5.92. The van der Waals surface area contributed by atoms with E-state index in [9.17, 15) is 4.79 Å². The van der Waals surface area contributed by atoms with Crippen molar-refractivity contribution in [1.29, 1.82) is 0 Å². The maximum atomic E-state index is 10.4. The number of carbonyl (C=O) groups is 1. The van der Waals surface area contributed by atoms with Crippen LogP contribution in [-0.2, 0) is 4.74 Å². The largest absolute Gasteiger partial charge is 0.448 e. The number of rotatable bonds is 6. The molecule has 0 saturated heterocycles. The standard InChI is InChI=1S/C12H17ClN2O2/c1-2-11(15-7-8-17-12(14)16)9-3-5-10(13)6-4-9/h3-6,11,15H,2,7-8H2,1H3,(H2,14,16). The molecule has 1 aromatic carbocycles. The van der Waals surface area contributed by atoms with Gasteiger partial charge in [-0.15, -0.1) is 0 Å². The third-order valence-corrected chi connectivity index (χ3v) is 2.67. The Morgan fingerprint density at radius 2 is 2.12 bits per heavy atom. The Bertz CT molecular complexity index is 354. The number of hydrogen-bond acceptors (Lipinski definition) is 3. The minimum absolute atomic E-state index is 0.226. The van der Waals surface area contributed by atoms with Crippen LogP contribution in [0.2, 0.25) is 5.02 Å². The molecule has 0 radical (unpaired) electrons. The molecule has 5 heteroatoms. The van der Waals surface area contributed by atoms with Gasteiger partial charge in [0.25, 0.3) is 0 Å². The van der Waals surface area contributed by atoms with Gasteiger partial charge in [0.2, 0.25) is 0 Å². The van der Waals surface area contributed by atoms with Crippen molar-refractivity contribution in [2.75, 3.05) is 13.2 Å². The van der Waals surface area contributed by atoms with Crippen LogP contribution in [0.3, 0.4) is 0 Å². The zero-order chi connectivity index (χ0) is 12.7. The number of halogens is 1. The van der Waals surface area contributed by atoms with Gasteiger partial charge in [-0.05, 0) is 24.1 Å². The third-order valence-electron chi connectivity index (χ3n) is 2.42. The molecule has 0 spiro atoms. The maximum Gasteiger partial charge on any atom is 0.404 e. The van der Waals surface area contributed by atoms with E-state index in [0.29, 0.717) is 6.54 Å². The minimum Gasteiger partial charge on any atom is -0.448 e. The van der Waals surface area contributed by atoms with Crippen LogP contribution in [0, 0.1) is 0 Å². The normalized spacial score (nSPS) is 12.1. The summed E-state index contributed by atoms with van der Waals surface area (Å²) < 4.78 is 4.65. The first-order valence-electron chi connectivity index (χ1n) is 5.54. The Morgan fingerprint density at radius 3 is 2.65 bits per heavy atom. The van der Waals surface area contributed by atoms with E-state index in [4.69, 9.17) is 17.3 Å². The lowest BCUT2D eigenvalue weighted by atomic mass is 10.0. The van der Waals surface area contributed by atoms with Crippen molar-refractivity contribution >= 4 is 17.7 Å². The number of carbonyl (C=O) groups excluding carboxylic acids is 1. The summed E-state index contributed by atoms with van der Waals surface area (Å²) in [6, 6.07) is 7.92. The first kappa shape index (κ1) is 13.8. The third kappa shape index (κ3) is 5.06. The second-order valence-corrected chi connectivity index (χ2v) is 4.07. The van der Waals surface area contributed by atoms with Gasteiger partial charge in [-0.25, -0.2) is 4.79 Å². The Kier molecular flexibility index (Phi) is 5.80. The molecule has 0 aliphatic rings. The van der Waals surface area contributed by atoms with E-state index >= 15 is 0 Å². The van der Waals surface area contributed by atoms with Crippen LogP contribution < -0.4 is 11.1 Å². The lowest BCUT2D eigenvalue weighted by Crippen LogP contribution is -2.27. The van der Waals surface area contributed by atoms with Crippen LogP contribution in [0.25, 0.3) is 0 Å². The summed E-state index contributed by atoms with van der Waals surface area (Å²) in [5.74, 6) is 0. The average Bonchev–Trinajstić information content (AvgIpc) is 2.30. The first-order chi connectivity index (χ1) is 8.13. The SMILES string of the molecule is CCC(NCCOC(N)=O)c1ccc(Cl)cc1. The van der Waals surface area contributed by atoms with Crippen LogP contribution in [0.4, 0.5) is 4.79 Å². The lowest BCUT2D eigenvalue weighted by molar-refractivity contribution is 0.156. The number of nitrogens with one attached hydrogen (secondary N) is 1. The van der Waals surface area contributed by atoms with E-state index in [1.807, 2.05) is 24.3 Å². The van der Waals surface area contributed by atoms with E-state index in [2.05, 4.69) is 17.0 Å². The molecule has 0 fully saturated rings. The van der Waals surface area contributed by atoms with Gasteiger partial charge < -0.3 is 15.8 Å². The molecule has 0 aromatic heterocycles. The average molecular weight is 257 g/mol. The molecule has 3 N–H and O–H groups in total. The number of primary amides is 1. The molecule has 1 unspecified atom stereocenters. The summed E-state index contributed by atoms with van der Waals surface area (Å²) in [5.41, 5.74) is 6.03. The van der Waals surface area contributed by atoms with Gasteiger partial charge in [-0.2, -0.15) is 0 Å². The summed E-state index contributed by atoms with van der Waals surface area (Å²) >= 11 is 5.83. The fourth-order valence-electron chi connectivity index (χ4n) is 1.58. The van der Waals surface area contributed by atoms with Crippen molar-refractivity contribution in [3.63, 3.8) is 0 Å². The summed E-state index contributed by atoms with van der Waals surface area (Å²) in [7, 11) is 0. The molecule has 1 aromatic rings. The summed E-state index contributed by atoms with van der Waals surface area (Å²) in [6.45, 7) is 2.94. The predicted octanol–water partition coefficient (Wildman–Crippen LogP) is 2.48. The van der Waals surface area contributed by atoms with E-state index in [1.54, 1.807) is 0 Å². The highest BCUT2D eigenvalue weighted by Crippen LogP contribution is 2.18. The van der Waals surface area contributed by atoms with E-state index in [1.165, 1.54) is 0 Å². The molecule has 4 nitrogen and oxygen atoms in total. The van der Waals surface area contributed by atoms with Crippen molar-refractivity contribution < 1.29 is 9.53 Å². The van der Waals surface area contributed by atoms with Crippen LogP contribution in [0.15, 0.2) is 24.3 Å². The van der Waals surface area contributed by atoms with Crippen LogP contribution in [0.5, 0.6) is 0 Å². The van der Waals surface area contributed by atoms with Crippen molar-refractivity contribution in [2.45, 2.75) is 19.4 Å². The van der Waals surface area contributed by atoms with E-state index in [-0.39, 0.29) is 12.6 Å². The summed E-state index contributed by atoms with van der Waals surface area (Å²) in [5, 5.41) is 4.01. The van der Waals surface area contributed by atoms with Gasteiger partial charge in [-0.3, -0.25) is 0 Å². The van der Waals surface area contributed by atoms with Crippen molar-refractivity contribution in [3.05, 3.63) is 34.9 Å². The highest BCUT2D eigenvalue weighted by atomic mass is 35.5. The van der Waals surface area contributed by atoms with Crippen molar-refractivity contribution in [1.82, 2.24) is 5.32 Å². The number of ether oxygens (including phenoxy) is 1. The van der Waals surface area contributed by atoms with Gasteiger partial charge in [0.1, 0.15) is 6.61 Å². The van der Waals surface area contributed by atoms with Crippen LogP contribution in [0.1, 0.15) is 24.9 Å². The second kappa shape index (κ2) is 7.14. The number of amides is 1. The smallest absolute Gasteiger partial charge is 0.404 e. The van der Waals surface area contributed by atoms with Gasteiger partial charge in [0, 0.05) is 17.6 Å². The summed E-state index contributed by atoms with van der Waals surface area (Å²) in [4.78, 5) is 10.4. The second-order valence-electron chi connectivity index (χ2n) is 3.63. The Hall–Kier alpha value is -1.26. The molecule has 0 aliphatic heterocycles. The highest BCUT2D eigenvalue weighted by Gasteiger charge is 2.08. The molecule has 1 amide bonds. The molecule has 0 bridgehead atoms. The summed E-state index contributed by atoms with van der Waals surface area (Å²) in [6.07, 6.45) is 0.199. The van der Waals surface area contributed by atoms with E-state index in [0.717, 1.165) is 17.0 Å². The molecule has 1 rings (SSSR count). The Morgan fingerprint density at radius 1 is 1.47 bits per heavy atom. The highest BCUT2D eigenvalue weighted by molar-refractivity contribution is 6.30. The zero-order valence-electron chi connectivity index (χ0n) is 9.78. The van der Waals surface area contributed by atoms with Crippen LogP contribution >= 0.6 is 11.6 Å². The molecule has 0 heterocycles. The molecular formula is C12H17ClN2O2. The molecule has 0 aliphatic carbocycles. The fraction of sp³-hybridized carbons (Fsp3) is 0.417. The van der Waals surface area contributed by atoms with Gasteiger partial charge in [0.15, 0.2) is 0 Å². The molecule has 17 heavy (non-hydrogen) atoms. The molecule has 1 atom stereocenters. The minimum atomic E-state index is -0.744. The Balaban J connectivity index is 2.43. The number of nitrogens with two attached hydrogens (primary N) is 1. The van der Waals surface area contributed by atoms with Crippen molar-refractivity contribution in [3.8, 4) is 0 Å². The quantitative estimate of drug-likeness (QED) is 0.769. The fourth-order valence-corrected chi connectivity index (χ4v) is 1.70. The maximum absolute atomic E-state index is 10.4. The molecule has 0 saturated carbocycles. The molecular weight excluding hydrogens is 240 g/mol. The topological polar surface area (TPSA) is 64.3 Å². The number of benzene rings is 1. The van der Waals surface area contributed by atoms with E-state index < -0.39 is 6.09 Å².